The molecule has 0 radical (unpaired) electrons. The smallest absolute Gasteiger partial charge is 0.313 e. The number of ether oxygens (including phenoxy) is 3. The Morgan fingerprint density at radius 2 is 1.55 bits per heavy atom. The molecule has 7 heteroatoms. The lowest BCUT2D eigenvalue weighted by atomic mass is 9.91. The molecule has 2 unspecified atom stereocenters. The summed E-state index contributed by atoms with van der Waals surface area (Å²) >= 11 is 6.14. The van der Waals surface area contributed by atoms with Gasteiger partial charge in [-0.15, -0.1) is 0 Å². The molecule has 1 fully saturated rings. The van der Waals surface area contributed by atoms with Gasteiger partial charge < -0.3 is 14.2 Å². The Morgan fingerprint density at radius 3 is 2.15 bits per heavy atom. The van der Waals surface area contributed by atoms with Gasteiger partial charge in [-0.25, -0.2) is 0 Å². The lowest BCUT2D eigenvalue weighted by molar-refractivity contribution is -0.948. The Labute approximate surface area is 245 Å². The minimum absolute atomic E-state index is 0.0686. The number of benzene rings is 2. The predicted molar refractivity (Wildman–Crippen MR) is 159 cm³/mol. The summed E-state index contributed by atoms with van der Waals surface area (Å²) in [5.41, 5.74) is 1.61. The van der Waals surface area contributed by atoms with E-state index in [9.17, 15) is 9.59 Å². The van der Waals surface area contributed by atoms with Crippen LogP contribution in [0.4, 0.5) is 0 Å². The summed E-state index contributed by atoms with van der Waals surface area (Å²) in [6.45, 7) is 13.1. The van der Waals surface area contributed by atoms with Crippen LogP contribution in [-0.2, 0) is 23.8 Å². The van der Waals surface area contributed by atoms with Crippen molar-refractivity contribution in [2.45, 2.75) is 78.4 Å². The minimum atomic E-state index is -0.537. The lowest BCUT2D eigenvalue weighted by Gasteiger charge is -2.41. The van der Waals surface area contributed by atoms with Crippen molar-refractivity contribution >= 4 is 23.5 Å². The van der Waals surface area contributed by atoms with Crippen molar-refractivity contribution in [3.63, 3.8) is 0 Å². The summed E-state index contributed by atoms with van der Waals surface area (Å²) in [5, 5.41) is 0.695. The molecule has 40 heavy (non-hydrogen) atoms. The SMILES string of the molecule is CC(C)C(CCC(=O)OC(C)(C)C)C(=O)OC[N+]1(CCOC(c2ccccc2)c2ccc(Cl)cc2)CCCCC1. The van der Waals surface area contributed by atoms with Gasteiger partial charge in [-0.1, -0.05) is 67.9 Å². The first kappa shape index (κ1) is 32.1. The van der Waals surface area contributed by atoms with E-state index in [1.807, 2.05) is 77.1 Å². The molecule has 220 valence electrons. The highest BCUT2D eigenvalue weighted by Gasteiger charge is 2.34. The number of likely N-dealkylation sites (tertiary alicyclic amines) is 1. The predicted octanol–water partition coefficient (Wildman–Crippen LogP) is 7.34. The van der Waals surface area contributed by atoms with E-state index in [0.29, 0.717) is 29.3 Å². The molecule has 2 atom stereocenters. The summed E-state index contributed by atoms with van der Waals surface area (Å²) in [4.78, 5) is 25.5. The van der Waals surface area contributed by atoms with Crippen LogP contribution in [0.3, 0.4) is 0 Å². The molecular weight excluding hydrogens is 526 g/mol. The Kier molecular flexibility index (Phi) is 12.0. The van der Waals surface area contributed by atoms with Crippen LogP contribution in [0, 0.1) is 11.8 Å². The molecule has 0 bridgehead atoms. The molecule has 1 aliphatic rings. The van der Waals surface area contributed by atoms with Crippen LogP contribution in [-0.4, -0.2) is 55.0 Å². The first-order chi connectivity index (χ1) is 19.0. The summed E-state index contributed by atoms with van der Waals surface area (Å²) in [7, 11) is 0. The Morgan fingerprint density at radius 1 is 0.925 bits per heavy atom. The van der Waals surface area contributed by atoms with Gasteiger partial charge in [0, 0.05) is 11.4 Å². The van der Waals surface area contributed by atoms with Gasteiger partial charge >= 0.3 is 11.9 Å². The minimum Gasteiger partial charge on any atom is -0.460 e. The monoisotopic (exact) mass is 572 g/mol. The number of hydrogen-bond donors (Lipinski definition) is 0. The van der Waals surface area contributed by atoms with Crippen LogP contribution in [0.2, 0.25) is 5.02 Å². The molecule has 0 aromatic heterocycles. The fraction of sp³-hybridized carbons (Fsp3) is 0.576. The first-order valence-electron chi connectivity index (χ1n) is 14.6. The highest BCUT2D eigenvalue weighted by atomic mass is 35.5. The van der Waals surface area contributed by atoms with Crippen molar-refractivity contribution in [2.24, 2.45) is 11.8 Å². The van der Waals surface area contributed by atoms with Crippen molar-refractivity contribution in [3.8, 4) is 0 Å². The molecule has 2 aromatic carbocycles. The van der Waals surface area contributed by atoms with Crippen LogP contribution in [0.5, 0.6) is 0 Å². The second kappa shape index (κ2) is 15.0. The molecule has 0 saturated carbocycles. The van der Waals surface area contributed by atoms with E-state index in [0.717, 1.165) is 43.6 Å². The van der Waals surface area contributed by atoms with Crippen LogP contribution in [0.1, 0.15) is 84.0 Å². The zero-order valence-electron chi connectivity index (χ0n) is 24.9. The maximum atomic E-state index is 13.2. The van der Waals surface area contributed by atoms with E-state index < -0.39 is 5.60 Å². The fourth-order valence-corrected chi connectivity index (χ4v) is 5.44. The van der Waals surface area contributed by atoms with Gasteiger partial charge in [0.05, 0.1) is 25.6 Å². The topological polar surface area (TPSA) is 61.8 Å². The highest BCUT2D eigenvalue weighted by Crippen LogP contribution is 2.28. The third kappa shape index (κ3) is 10.2. The van der Waals surface area contributed by atoms with E-state index in [-0.39, 0.29) is 36.3 Å². The van der Waals surface area contributed by atoms with Crippen LogP contribution in [0.25, 0.3) is 0 Å². The normalized spacial score (nSPS) is 16.8. The van der Waals surface area contributed by atoms with Crippen molar-refractivity contribution in [1.82, 2.24) is 0 Å². The van der Waals surface area contributed by atoms with Gasteiger partial charge in [-0.3, -0.25) is 14.1 Å². The largest absolute Gasteiger partial charge is 0.460 e. The molecular formula is C33H47ClNO5+. The standard InChI is InChI=1S/C33H47ClNO5/c1-25(2)29(18-19-30(36)40-33(3,4)5)32(37)39-24-35(20-10-7-11-21-35)22-23-38-31(26-12-8-6-9-13-26)27-14-16-28(34)17-15-27/h6,8-9,12-17,25,29,31H,7,10-11,18-24H2,1-5H3/q+1. The second-order valence-corrected chi connectivity index (χ2v) is 12.8. The van der Waals surface area contributed by atoms with Gasteiger partial charge in [-0.2, -0.15) is 0 Å². The quantitative estimate of drug-likeness (QED) is 0.186. The van der Waals surface area contributed by atoms with Crippen molar-refractivity contribution in [3.05, 3.63) is 70.7 Å². The van der Waals surface area contributed by atoms with Crippen molar-refractivity contribution < 1.29 is 28.3 Å². The molecule has 0 N–H and O–H groups in total. The van der Waals surface area contributed by atoms with Gasteiger partial charge in [0.2, 0.25) is 6.73 Å². The Bertz CT molecular complexity index is 1060. The highest BCUT2D eigenvalue weighted by molar-refractivity contribution is 6.30. The summed E-state index contributed by atoms with van der Waals surface area (Å²) in [6.07, 6.45) is 3.82. The molecule has 3 rings (SSSR count). The second-order valence-electron chi connectivity index (χ2n) is 12.4. The first-order valence-corrected chi connectivity index (χ1v) is 15.0. The number of carbonyl (C=O) groups is 2. The number of carbonyl (C=O) groups excluding carboxylic acids is 2. The maximum Gasteiger partial charge on any atom is 0.313 e. The zero-order valence-corrected chi connectivity index (χ0v) is 25.6. The number of nitrogens with zero attached hydrogens (tertiary/aromatic N) is 1. The molecule has 6 nitrogen and oxygen atoms in total. The van der Waals surface area contributed by atoms with E-state index in [2.05, 4.69) is 12.1 Å². The Hall–Kier alpha value is -2.41. The van der Waals surface area contributed by atoms with Crippen LogP contribution >= 0.6 is 11.6 Å². The number of rotatable bonds is 13. The van der Waals surface area contributed by atoms with Gasteiger partial charge in [0.15, 0.2) is 0 Å². The molecule has 0 aliphatic carbocycles. The van der Waals surface area contributed by atoms with E-state index in [1.165, 1.54) is 6.42 Å². The van der Waals surface area contributed by atoms with Gasteiger partial charge in [-0.05, 0) is 75.6 Å². The third-order valence-electron chi connectivity index (χ3n) is 7.56. The number of quaternary nitrogens is 1. The van der Waals surface area contributed by atoms with Crippen molar-refractivity contribution in [1.29, 1.82) is 0 Å². The fourth-order valence-electron chi connectivity index (χ4n) is 5.31. The molecule has 1 heterocycles. The zero-order chi connectivity index (χ0) is 29.2. The summed E-state index contributed by atoms with van der Waals surface area (Å²) < 4.78 is 18.7. The number of esters is 2. The average Bonchev–Trinajstić information content (AvgIpc) is 2.91. The molecule has 2 aromatic rings. The average molecular weight is 573 g/mol. The number of halogens is 1. The van der Waals surface area contributed by atoms with E-state index in [1.54, 1.807) is 0 Å². The van der Waals surface area contributed by atoms with E-state index in [4.69, 9.17) is 25.8 Å². The van der Waals surface area contributed by atoms with Crippen molar-refractivity contribution in [2.75, 3.05) is 33.0 Å². The number of piperidine rings is 1. The molecule has 0 amide bonds. The summed E-state index contributed by atoms with van der Waals surface area (Å²) in [5.74, 6) is -0.790. The lowest BCUT2D eigenvalue weighted by Crippen LogP contribution is -2.55. The molecule has 1 saturated heterocycles. The molecule has 1 aliphatic heterocycles. The summed E-state index contributed by atoms with van der Waals surface area (Å²) in [6, 6.07) is 18.0. The maximum absolute atomic E-state index is 13.2. The Balaban J connectivity index is 1.63. The van der Waals surface area contributed by atoms with Crippen LogP contribution in [0.15, 0.2) is 54.6 Å². The van der Waals surface area contributed by atoms with Crippen LogP contribution < -0.4 is 0 Å². The van der Waals surface area contributed by atoms with Gasteiger partial charge in [0.25, 0.3) is 0 Å². The molecule has 0 spiro atoms. The third-order valence-corrected chi connectivity index (χ3v) is 7.81. The van der Waals surface area contributed by atoms with E-state index >= 15 is 0 Å². The number of hydrogen-bond acceptors (Lipinski definition) is 5. The van der Waals surface area contributed by atoms with Gasteiger partial charge in [0.1, 0.15) is 18.2 Å².